The lowest BCUT2D eigenvalue weighted by Gasteiger charge is -2.18. The molecule has 2 aliphatic rings. The number of para-hydroxylation sites is 1. The number of carbonyl (C=O) groups is 2. The molecule has 172 valence electrons. The Bertz CT molecular complexity index is 1050. The summed E-state index contributed by atoms with van der Waals surface area (Å²) in [4.78, 5) is 42.0. The van der Waals surface area contributed by atoms with Crippen LogP contribution >= 0.6 is 0 Å². The van der Waals surface area contributed by atoms with Gasteiger partial charge in [-0.3, -0.25) is 14.9 Å². The van der Waals surface area contributed by atoms with Gasteiger partial charge in [0, 0.05) is 17.5 Å². The SMILES string of the molecule is O=C(/C(=N\OC(=O)C1CCCCC1)C1CCCC1)c1ccc(-c2ccccc2[N+](=O)[O-])cc1. The first-order chi connectivity index (χ1) is 16.0. The molecule has 7 heteroatoms. The van der Waals surface area contributed by atoms with Crippen LogP contribution in [0.1, 0.15) is 68.1 Å². The molecule has 0 heterocycles. The second-order valence-electron chi connectivity index (χ2n) is 8.88. The van der Waals surface area contributed by atoms with E-state index in [1.165, 1.54) is 6.07 Å². The monoisotopic (exact) mass is 448 g/mol. The van der Waals surface area contributed by atoms with Gasteiger partial charge in [0.25, 0.3) is 5.69 Å². The van der Waals surface area contributed by atoms with Crippen molar-refractivity contribution in [2.24, 2.45) is 17.0 Å². The molecule has 2 aromatic rings. The zero-order valence-electron chi connectivity index (χ0n) is 18.6. The van der Waals surface area contributed by atoms with Gasteiger partial charge >= 0.3 is 5.97 Å². The number of hydrogen-bond acceptors (Lipinski definition) is 6. The standard InChI is InChI=1S/C26H28N2O5/c29-25(20-16-14-18(15-17-20)22-12-6-7-13-23(22)28(31)32)24(19-8-4-5-9-19)27-33-26(30)21-10-2-1-3-11-21/h6-7,12-17,19,21H,1-5,8-11H2/b27-24-. The van der Waals surface area contributed by atoms with Crippen molar-refractivity contribution in [3.05, 3.63) is 64.2 Å². The Morgan fingerprint density at radius 3 is 2.12 bits per heavy atom. The number of Topliss-reactive ketones (excluding diaryl/α,β-unsaturated/α-hetero) is 1. The number of ketones is 1. The van der Waals surface area contributed by atoms with Crippen LogP contribution in [0.4, 0.5) is 5.69 Å². The quantitative estimate of drug-likeness (QED) is 0.167. The molecular weight excluding hydrogens is 420 g/mol. The van der Waals surface area contributed by atoms with Crippen LogP contribution in [0.3, 0.4) is 0 Å². The van der Waals surface area contributed by atoms with Gasteiger partial charge < -0.3 is 4.84 Å². The smallest absolute Gasteiger partial charge is 0.318 e. The topological polar surface area (TPSA) is 98.9 Å². The molecule has 0 N–H and O–H groups in total. The summed E-state index contributed by atoms with van der Waals surface area (Å²) in [5, 5.41) is 15.4. The molecule has 0 atom stereocenters. The average molecular weight is 449 g/mol. The molecule has 0 unspecified atom stereocenters. The summed E-state index contributed by atoms with van der Waals surface area (Å²) in [5.74, 6) is -0.757. The van der Waals surface area contributed by atoms with Gasteiger partial charge in [0.15, 0.2) is 0 Å². The minimum absolute atomic E-state index is 0.0133. The molecule has 0 aliphatic heterocycles. The molecule has 4 rings (SSSR count). The van der Waals surface area contributed by atoms with Gasteiger partial charge in [-0.05, 0) is 37.3 Å². The van der Waals surface area contributed by atoms with Crippen LogP contribution in [-0.2, 0) is 9.63 Å². The molecule has 0 aromatic heterocycles. The van der Waals surface area contributed by atoms with Gasteiger partial charge in [-0.25, -0.2) is 4.79 Å². The summed E-state index contributed by atoms with van der Waals surface area (Å²) in [6.07, 6.45) is 8.53. The summed E-state index contributed by atoms with van der Waals surface area (Å²) < 4.78 is 0. The van der Waals surface area contributed by atoms with E-state index in [0.29, 0.717) is 22.4 Å². The van der Waals surface area contributed by atoms with Crippen molar-refractivity contribution < 1.29 is 19.3 Å². The minimum atomic E-state index is -0.417. The first-order valence-electron chi connectivity index (χ1n) is 11.7. The number of hydrogen-bond donors (Lipinski definition) is 0. The fourth-order valence-electron chi connectivity index (χ4n) is 4.83. The number of rotatable bonds is 7. The summed E-state index contributed by atoms with van der Waals surface area (Å²) in [6.45, 7) is 0. The van der Waals surface area contributed by atoms with Gasteiger partial charge in [-0.15, -0.1) is 0 Å². The molecule has 7 nitrogen and oxygen atoms in total. The summed E-state index contributed by atoms with van der Waals surface area (Å²) in [6, 6.07) is 13.2. The van der Waals surface area contributed by atoms with Crippen LogP contribution < -0.4 is 0 Å². The molecule has 0 amide bonds. The highest BCUT2D eigenvalue weighted by atomic mass is 16.7. The summed E-state index contributed by atoms with van der Waals surface area (Å²) in [7, 11) is 0. The maximum Gasteiger partial charge on any atom is 0.338 e. The molecule has 2 fully saturated rings. The molecule has 2 aromatic carbocycles. The molecule has 2 aliphatic carbocycles. The zero-order valence-corrected chi connectivity index (χ0v) is 18.6. The molecule has 33 heavy (non-hydrogen) atoms. The van der Waals surface area contributed by atoms with Gasteiger partial charge in [0.1, 0.15) is 5.71 Å². The van der Waals surface area contributed by atoms with E-state index < -0.39 is 4.92 Å². The van der Waals surface area contributed by atoms with E-state index in [9.17, 15) is 19.7 Å². The number of nitrogens with zero attached hydrogens (tertiary/aromatic N) is 2. The predicted octanol–water partition coefficient (Wildman–Crippen LogP) is 6.11. The van der Waals surface area contributed by atoms with Crippen molar-refractivity contribution in [1.82, 2.24) is 0 Å². The van der Waals surface area contributed by atoms with Crippen molar-refractivity contribution in [3.8, 4) is 11.1 Å². The number of nitro groups is 1. The van der Waals surface area contributed by atoms with E-state index in [1.54, 1.807) is 42.5 Å². The predicted molar refractivity (Wildman–Crippen MR) is 125 cm³/mol. The molecule has 0 radical (unpaired) electrons. The van der Waals surface area contributed by atoms with E-state index in [0.717, 1.165) is 57.8 Å². The van der Waals surface area contributed by atoms with E-state index >= 15 is 0 Å². The van der Waals surface area contributed by atoms with Gasteiger partial charge in [0.2, 0.25) is 5.78 Å². The molecular formula is C26H28N2O5. The van der Waals surface area contributed by atoms with Gasteiger partial charge in [0.05, 0.1) is 16.4 Å². The molecule has 2 saturated carbocycles. The van der Waals surface area contributed by atoms with Crippen LogP contribution in [0.25, 0.3) is 11.1 Å². The van der Waals surface area contributed by atoms with Crippen molar-refractivity contribution in [1.29, 1.82) is 0 Å². The maximum absolute atomic E-state index is 13.3. The molecule has 0 saturated heterocycles. The zero-order chi connectivity index (χ0) is 23.2. The van der Waals surface area contributed by atoms with Crippen LogP contribution in [0, 0.1) is 22.0 Å². The second-order valence-corrected chi connectivity index (χ2v) is 8.88. The minimum Gasteiger partial charge on any atom is -0.318 e. The number of benzene rings is 2. The highest BCUT2D eigenvalue weighted by Crippen LogP contribution is 2.31. The van der Waals surface area contributed by atoms with E-state index in [4.69, 9.17) is 4.84 Å². The van der Waals surface area contributed by atoms with Crippen LogP contribution in [0.15, 0.2) is 53.7 Å². The Morgan fingerprint density at radius 1 is 0.848 bits per heavy atom. The largest absolute Gasteiger partial charge is 0.338 e. The average Bonchev–Trinajstić information content (AvgIpc) is 3.39. The lowest BCUT2D eigenvalue weighted by Crippen LogP contribution is -2.25. The third-order valence-corrected chi connectivity index (χ3v) is 6.71. The van der Waals surface area contributed by atoms with E-state index in [2.05, 4.69) is 5.16 Å². The number of carbonyl (C=O) groups excluding carboxylic acids is 2. The summed E-state index contributed by atoms with van der Waals surface area (Å²) in [5.41, 5.74) is 1.89. The van der Waals surface area contributed by atoms with Crippen molar-refractivity contribution in [2.75, 3.05) is 0 Å². The highest BCUT2D eigenvalue weighted by Gasteiger charge is 2.29. The van der Waals surface area contributed by atoms with E-state index in [-0.39, 0.29) is 29.3 Å². The highest BCUT2D eigenvalue weighted by molar-refractivity contribution is 6.46. The van der Waals surface area contributed by atoms with Gasteiger partial charge in [-0.2, -0.15) is 0 Å². The van der Waals surface area contributed by atoms with Crippen LogP contribution in [0.2, 0.25) is 0 Å². The Balaban J connectivity index is 1.55. The molecule has 0 bridgehead atoms. The Labute approximate surface area is 193 Å². The van der Waals surface area contributed by atoms with Gasteiger partial charge in [-0.1, -0.05) is 73.7 Å². The van der Waals surface area contributed by atoms with Crippen molar-refractivity contribution in [2.45, 2.75) is 57.8 Å². The third-order valence-electron chi connectivity index (χ3n) is 6.71. The lowest BCUT2D eigenvalue weighted by molar-refractivity contribution is -0.384. The lowest BCUT2D eigenvalue weighted by atomic mass is 9.89. The first-order valence-corrected chi connectivity index (χ1v) is 11.7. The molecule has 0 spiro atoms. The normalized spacial score (nSPS) is 17.6. The first kappa shape index (κ1) is 22.8. The Morgan fingerprint density at radius 2 is 1.45 bits per heavy atom. The van der Waals surface area contributed by atoms with Crippen molar-refractivity contribution >= 4 is 23.2 Å². The fourth-order valence-corrected chi connectivity index (χ4v) is 4.83. The van der Waals surface area contributed by atoms with Crippen LogP contribution in [0.5, 0.6) is 0 Å². The maximum atomic E-state index is 13.3. The Kier molecular flexibility index (Phi) is 7.27. The number of oxime groups is 1. The third kappa shape index (κ3) is 5.35. The number of nitro benzene ring substituents is 1. The van der Waals surface area contributed by atoms with Crippen LogP contribution in [-0.4, -0.2) is 22.4 Å². The Hall–Kier alpha value is -3.35. The van der Waals surface area contributed by atoms with Crippen molar-refractivity contribution in [3.63, 3.8) is 0 Å². The summed E-state index contributed by atoms with van der Waals surface area (Å²) >= 11 is 0. The fraction of sp³-hybridized carbons (Fsp3) is 0.423. The second kappa shape index (κ2) is 10.5. The van der Waals surface area contributed by atoms with E-state index in [1.807, 2.05) is 0 Å².